The van der Waals surface area contributed by atoms with Crippen molar-refractivity contribution in [1.82, 2.24) is 0 Å². The maximum absolute atomic E-state index is 13.5. The molecule has 170 valence electrons. The number of carbonyl (C=O) groups excluding carboxylic acids is 2. The van der Waals surface area contributed by atoms with E-state index in [1.807, 2.05) is 13.8 Å². The van der Waals surface area contributed by atoms with Gasteiger partial charge in [0.25, 0.3) is 0 Å². The van der Waals surface area contributed by atoms with Crippen LogP contribution in [0.3, 0.4) is 0 Å². The number of rotatable bonds is 7. The summed E-state index contributed by atoms with van der Waals surface area (Å²) in [6, 6.07) is 5.81. The molecule has 6 nitrogen and oxygen atoms in total. The highest BCUT2D eigenvalue weighted by Crippen LogP contribution is 2.53. The number of amides is 1. The van der Waals surface area contributed by atoms with Gasteiger partial charge in [0, 0.05) is 10.4 Å². The van der Waals surface area contributed by atoms with Gasteiger partial charge in [0.2, 0.25) is 5.91 Å². The van der Waals surface area contributed by atoms with Crippen molar-refractivity contribution in [3.8, 4) is 11.1 Å². The lowest BCUT2D eigenvalue weighted by molar-refractivity contribution is -0.148. The second kappa shape index (κ2) is 9.02. The van der Waals surface area contributed by atoms with E-state index in [0.717, 1.165) is 24.1 Å². The Bertz CT molecular complexity index is 1050. The molecule has 2 N–H and O–H groups in total. The summed E-state index contributed by atoms with van der Waals surface area (Å²) in [5.74, 6) is -3.47. The highest BCUT2D eigenvalue weighted by atomic mass is 32.1. The summed E-state index contributed by atoms with van der Waals surface area (Å²) in [4.78, 5) is 38.8. The van der Waals surface area contributed by atoms with E-state index in [0.29, 0.717) is 22.5 Å². The molecule has 1 amide bonds. The van der Waals surface area contributed by atoms with Crippen LogP contribution in [-0.2, 0) is 14.3 Å². The van der Waals surface area contributed by atoms with E-state index in [2.05, 4.69) is 5.32 Å². The van der Waals surface area contributed by atoms with Gasteiger partial charge in [0.1, 0.15) is 16.4 Å². The molecule has 8 heteroatoms. The number of benzene rings is 1. The first-order valence-electron chi connectivity index (χ1n) is 10.9. The largest absolute Gasteiger partial charge is 0.481 e. The lowest BCUT2D eigenvalue weighted by Crippen LogP contribution is -2.38. The summed E-state index contributed by atoms with van der Waals surface area (Å²) < 4.78 is 18.8. The number of thiophene rings is 1. The first-order valence-corrected chi connectivity index (χ1v) is 11.7. The fraction of sp³-hybridized carbons (Fsp3) is 0.458. The second-order valence-corrected chi connectivity index (χ2v) is 9.82. The van der Waals surface area contributed by atoms with E-state index in [1.54, 1.807) is 12.1 Å². The molecule has 2 aliphatic carbocycles. The van der Waals surface area contributed by atoms with E-state index in [-0.39, 0.29) is 35.7 Å². The van der Waals surface area contributed by atoms with Crippen LogP contribution < -0.4 is 5.32 Å². The second-order valence-electron chi connectivity index (χ2n) is 8.59. The average molecular weight is 460 g/mol. The maximum Gasteiger partial charge on any atom is 0.341 e. The van der Waals surface area contributed by atoms with Crippen LogP contribution in [0.15, 0.2) is 24.3 Å². The number of aryl methyl sites for hydroxylation is 1. The number of esters is 1. The van der Waals surface area contributed by atoms with Crippen molar-refractivity contribution in [3.63, 3.8) is 0 Å². The zero-order valence-electron chi connectivity index (χ0n) is 18.0. The number of nitrogens with one attached hydrogen (secondary N) is 1. The molecule has 32 heavy (non-hydrogen) atoms. The first-order chi connectivity index (χ1) is 15.3. The summed E-state index contributed by atoms with van der Waals surface area (Å²) in [5.41, 5.74) is 1.47. The molecular weight excluding hydrogens is 433 g/mol. The predicted octanol–water partition coefficient (Wildman–Crippen LogP) is 5.11. The molecule has 0 aliphatic heterocycles. The minimum Gasteiger partial charge on any atom is -0.481 e. The van der Waals surface area contributed by atoms with Crippen LogP contribution in [-0.4, -0.2) is 29.6 Å². The summed E-state index contributed by atoms with van der Waals surface area (Å²) in [6.07, 6.45) is 3.09. The molecule has 4 atom stereocenters. The number of hydrogen-bond donors (Lipinski definition) is 2. The van der Waals surface area contributed by atoms with E-state index < -0.39 is 23.8 Å². The monoisotopic (exact) mass is 459 g/mol. The molecule has 0 saturated heterocycles. The molecule has 2 aromatic rings. The Hall–Kier alpha value is -2.74. The van der Waals surface area contributed by atoms with Gasteiger partial charge in [0.15, 0.2) is 0 Å². The van der Waals surface area contributed by atoms with Crippen LogP contribution in [0.25, 0.3) is 11.1 Å². The van der Waals surface area contributed by atoms with E-state index >= 15 is 0 Å². The molecule has 0 radical (unpaired) electrons. The summed E-state index contributed by atoms with van der Waals surface area (Å²) in [7, 11) is 0. The van der Waals surface area contributed by atoms with Crippen molar-refractivity contribution in [2.75, 3.05) is 11.9 Å². The number of hydrogen-bond acceptors (Lipinski definition) is 5. The zero-order valence-corrected chi connectivity index (χ0v) is 18.8. The molecule has 2 aliphatic rings. The molecule has 1 aromatic heterocycles. The number of fused-ring (bicyclic) bond motifs is 2. The molecular formula is C24H26FNO5S. The van der Waals surface area contributed by atoms with Gasteiger partial charge in [-0.2, -0.15) is 0 Å². The van der Waals surface area contributed by atoms with Gasteiger partial charge in [0.05, 0.1) is 18.4 Å². The standard InChI is InChI=1S/C24H26FNO5S/c1-3-10-31-24(30)20-17(13-6-8-16(25)9-7-13)12(2)32-22(20)26-21(27)18-14-4-5-15(11-14)19(18)23(28)29/h6-9,14-15,18-19H,3-5,10-11H2,1-2H3,(H,26,27)(H,28,29)/t14-,15-,18+,19+/m0/s1. The average Bonchev–Trinajstić information content (AvgIpc) is 3.45. The number of anilines is 1. The van der Waals surface area contributed by atoms with Crippen LogP contribution in [0.2, 0.25) is 0 Å². The Morgan fingerprint density at radius 1 is 1.16 bits per heavy atom. The quantitative estimate of drug-likeness (QED) is 0.561. The van der Waals surface area contributed by atoms with Gasteiger partial charge in [-0.25, -0.2) is 9.18 Å². The first kappa shape index (κ1) is 22.5. The molecule has 0 spiro atoms. The number of carbonyl (C=O) groups is 3. The summed E-state index contributed by atoms with van der Waals surface area (Å²) in [5, 5.41) is 12.9. The third-order valence-electron chi connectivity index (χ3n) is 6.60. The smallest absolute Gasteiger partial charge is 0.341 e. The van der Waals surface area contributed by atoms with E-state index in [9.17, 15) is 23.9 Å². The van der Waals surface area contributed by atoms with Gasteiger partial charge in [-0.3, -0.25) is 9.59 Å². The predicted molar refractivity (Wildman–Crippen MR) is 119 cm³/mol. The number of carboxylic acids is 1. The van der Waals surface area contributed by atoms with Crippen molar-refractivity contribution in [3.05, 3.63) is 40.5 Å². The van der Waals surface area contributed by atoms with Crippen molar-refractivity contribution in [2.45, 2.75) is 39.5 Å². The minimum absolute atomic E-state index is 0.0297. The summed E-state index contributed by atoms with van der Waals surface area (Å²) >= 11 is 1.24. The molecule has 2 fully saturated rings. The fourth-order valence-corrected chi connectivity index (χ4v) is 6.34. The van der Waals surface area contributed by atoms with Crippen molar-refractivity contribution < 1.29 is 28.6 Å². The fourth-order valence-electron chi connectivity index (χ4n) is 5.28. The molecule has 4 rings (SSSR count). The van der Waals surface area contributed by atoms with Crippen molar-refractivity contribution >= 4 is 34.2 Å². The van der Waals surface area contributed by atoms with Crippen molar-refractivity contribution in [2.24, 2.45) is 23.7 Å². The van der Waals surface area contributed by atoms with Crippen LogP contribution in [0.5, 0.6) is 0 Å². The van der Waals surface area contributed by atoms with Gasteiger partial charge >= 0.3 is 11.9 Å². The number of carboxylic acid groups (broad SMARTS) is 1. The van der Waals surface area contributed by atoms with E-state index in [1.165, 1.54) is 23.5 Å². The van der Waals surface area contributed by atoms with Crippen LogP contribution in [0.4, 0.5) is 9.39 Å². The molecule has 1 heterocycles. The molecule has 1 aromatic carbocycles. The number of aliphatic carboxylic acids is 1. The van der Waals surface area contributed by atoms with Gasteiger partial charge < -0.3 is 15.2 Å². The third-order valence-corrected chi connectivity index (χ3v) is 7.62. The highest BCUT2D eigenvalue weighted by Gasteiger charge is 2.54. The Kier molecular flexibility index (Phi) is 6.33. The Balaban J connectivity index is 1.69. The van der Waals surface area contributed by atoms with Crippen LogP contribution >= 0.6 is 11.3 Å². The highest BCUT2D eigenvalue weighted by molar-refractivity contribution is 7.17. The Labute approximate surface area is 189 Å². The zero-order chi connectivity index (χ0) is 23.0. The molecule has 2 saturated carbocycles. The lowest BCUT2D eigenvalue weighted by atomic mass is 9.78. The Morgan fingerprint density at radius 3 is 2.44 bits per heavy atom. The lowest BCUT2D eigenvalue weighted by Gasteiger charge is -2.27. The number of halogens is 1. The Morgan fingerprint density at radius 2 is 1.81 bits per heavy atom. The van der Waals surface area contributed by atoms with Gasteiger partial charge in [-0.1, -0.05) is 19.1 Å². The SMILES string of the molecule is CCCOC(=O)c1c(NC(=O)[C@@H]2[C@H]3CC[C@@H](C3)[C@H]2C(=O)O)sc(C)c1-c1ccc(F)cc1. The number of ether oxygens (including phenoxy) is 1. The maximum atomic E-state index is 13.5. The molecule has 2 bridgehead atoms. The van der Waals surface area contributed by atoms with E-state index in [4.69, 9.17) is 4.74 Å². The minimum atomic E-state index is -0.936. The third kappa shape index (κ3) is 4.03. The topological polar surface area (TPSA) is 92.7 Å². The van der Waals surface area contributed by atoms with Crippen LogP contribution in [0, 0.1) is 36.4 Å². The van der Waals surface area contributed by atoms with Crippen LogP contribution in [0.1, 0.15) is 47.8 Å². The normalized spacial score (nSPS) is 23.8. The van der Waals surface area contributed by atoms with Gasteiger partial charge in [-0.15, -0.1) is 11.3 Å². The van der Waals surface area contributed by atoms with Gasteiger partial charge in [-0.05, 0) is 62.1 Å². The van der Waals surface area contributed by atoms with Crippen molar-refractivity contribution in [1.29, 1.82) is 0 Å². The summed E-state index contributed by atoms with van der Waals surface area (Å²) in [6.45, 7) is 3.95. The molecule has 0 unspecified atom stereocenters.